The molecule has 1 aliphatic carbocycles. The van der Waals surface area contributed by atoms with Gasteiger partial charge in [-0.3, -0.25) is 4.90 Å². The Bertz CT molecular complexity index is 265. The third kappa shape index (κ3) is 3.76. The number of hydrogen-bond acceptors (Lipinski definition) is 2. The number of hydrogen-bond donors (Lipinski definition) is 1. The molecule has 1 saturated carbocycles. The summed E-state index contributed by atoms with van der Waals surface area (Å²) in [5, 5.41) is 3.89. The van der Waals surface area contributed by atoms with Crippen molar-refractivity contribution in [1.82, 2.24) is 10.2 Å². The van der Waals surface area contributed by atoms with Crippen LogP contribution in [-0.2, 0) is 0 Å². The van der Waals surface area contributed by atoms with Crippen molar-refractivity contribution in [2.45, 2.75) is 103 Å². The Balaban J connectivity index is 2.06. The van der Waals surface area contributed by atoms with Crippen LogP contribution in [0.25, 0.3) is 0 Å². The molecule has 1 saturated heterocycles. The molecule has 20 heavy (non-hydrogen) atoms. The fraction of sp³-hybridized carbons (Fsp3) is 1.00. The van der Waals surface area contributed by atoms with Crippen LogP contribution < -0.4 is 5.32 Å². The minimum absolute atomic E-state index is 0.383. The third-order valence-corrected chi connectivity index (χ3v) is 6.04. The third-order valence-electron chi connectivity index (χ3n) is 6.04. The van der Waals surface area contributed by atoms with Crippen LogP contribution in [0.15, 0.2) is 0 Å². The van der Waals surface area contributed by atoms with E-state index in [9.17, 15) is 0 Å². The fourth-order valence-electron chi connectivity index (χ4n) is 4.28. The molecule has 0 bridgehead atoms. The van der Waals surface area contributed by atoms with Crippen LogP contribution in [0.4, 0.5) is 0 Å². The summed E-state index contributed by atoms with van der Waals surface area (Å²) >= 11 is 0. The summed E-state index contributed by atoms with van der Waals surface area (Å²) in [6.45, 7) is 9.57. The minimum Gasteiger partial charge on any atom is -0.308 e. The number of nitrogens with zero attached hydrogens (tertiary/aromatic N) is 1. The molecule has 1 N–H and O–H groups in total. The van der Waals surface area contributed by atoms with E-state index in [0.29, 0.717) is 5.54 Å². The average Bonchev–Trinajstić information content (AvgIpc) is 2.46. The highest BCUT2D eigenvalue weighted by atomic mass is 15.3. The summed E-state index contributed by atoms with van der Waals surface area (Å²) in [6.07, 6.45) is 14.0. The molecule has 2 fully saturated rings. The Hall–Kier alpha value is -0.0800. The van der Waals surface area contributed by atoms with Gasteiger partial charge in [0.25, 0.3) is 0 Å². The quantitative estimate of drug-likeness (QED) is 0.824. The topological polar surface area (TPSA) is 15.3 Å². The molecule has 1 atom stereocenters. The smallest absolute Gasteiger partial charge is 0.0304 e. The maximum absolute atomic E-state index is 3.89. The van der Waals surface area contributed by atoms with Crippen molar-refractivity contribution in [3.63, 3.8) is 0 Å². The molecule has 2 heteroatoms. The van der Waals surface area contributed by atoms with Gasteiger partial charge in [-0.15, -0.1) is 0 Å². The molecule has 0 radical (unpaired) electrons. The SMILES string of the molecule is CCC1CNC(CC)(CC)CN1C1CCCCCCC1. The minimum atomic E-state index is 0.383. The standard InChI is InChI=1S/C18H36N2/c1-4-16-14-19-18(5-2,6-3)15-20(16)17-12-10-8-7-9-11-13-17/h16-17,19H,4-15H2,1-3H3. The van der Waals surface area contributed by atoms with E-state index in [4.69, 9.17) is 0 Å². The van der Waals surface area contributed by atoms with Crippen molar-refractivity contribution in [2.75, 3.05) is 13.1 Å². The van der Waals surface area contributed by atoms with Gasteiger partial charge in [0.15, 0.2) is 0 Å². The zero-order valence-electron chi connectivity index (χ0n) is 14.1. The first-order valence-electron chi connectivity index (χ1n) is 9.25. The molecule has 0 aromatic heterocycles. The van der Waals surface area contributed by atoms with Crippen LogP contribution in [0.2, 0.25) is 0 Å². The van der Waals surface area contributed by atoms with Crippen molar-refractivity contribution in [1.29, 1.82) is 0 Å². The van der Waals surface area contributed by atoms with Crippen LogP contribution in [0.1, 0.15) is 85.0 Å². The lowest BCUT2D eigenvalue weighted by molar-refractivity contribution is 0.0253. The van der Waals surface area contributed by atoms with Gasteiger partial charge in [0.2, 0.25) is 0 Å². The van der Waals surface area contributed by atoms with E-state index in [-0.39, 0.29) is 0 Å². The lowest BCUT2D eigenvalue weighted by atomic mass is 9.85. The van der Waals surface area contributed by atoms with Crippen LogP contribution in [0.3, 0.4) is 0 Å². The molecule has 0 spiro atoms. The molecular formula is C18H36N2. The molecular weight excluding hydrogens is 244 g/mol. The zero-order chi connectivity index (χ0) is 14.4. The zero-order valence-corrected chi connectivity index (χ0v) is 14.1. The van der Waals surface area contributed by atoms with E-state index in [2.05, 4.69) is 31.0 Å². The summed E-state index contributed by atoms with van der Waals surface area (Å²) in [5.41, 5.74) is 0.383. The lowest BCUT2D eigenvalue weighted by Gasteiger charge is -2.50. The second-order valence-electron chi connectivity index (χ2n) is 7.10. The van der Waals surface area contributed by atoms with Gasteiger partial charge in [0.1, 0.15) is 0 Å². The molecule has 1 aliphatic heterocycles. The first-order valence-corrected chi connectivity index (χ1v) is 9.25. The monoisotopic (exact) mass is 280 g/mol. The first-order chi connectivity index (χ1) is 9.74. The molecule has 0 amide bonds. The molecule has 118 valence electrons. The second-order valence-corrected chi connectivity index (χ2v) is 7.10. The second kappa shape index (κ2) is 7.79. The number of piperazine rings is 1. The highest BCUT2D eigenvalue weighted by molar-refractivity contribution is 4.98. The molecule has 1 heterocycles. The van der Waals surface area contributed by atoms with Gasteiger partial charge in [-0.25, -0.2) is 0 Å². The van der Waals surface area contributed by atoms with Gasteiger partial charge in [-0.2, -0.15) is 0 Å². The van der Waals surface area contributed by atoms with Crippen LogP contribution in [-0.4, -0.2) is 35.6 Å². The van der Waals surface area contributed by atoms with Crippen molar-refractivity contribution < 1.29 is 0 Å². The van der Waals surface area contributed by atoms with Gasteiger partial charge >= 0.3 is 0 Å². The highest BCUT2D eigenvalue weighted by Gasteiger charge is 2.38. The number of rotatable bonds is 4. The summed E-state index contributed by atoms with van der Waals surface area (Å²) in [4.78, 5) is 2.91. The van der Waals surface area contributed by atoms with Crippen LogP contribution >= 0.6 is 0 Å². The molecule has 0 aromatic carbocycles. The van der Waals surface area contributed by atoms with E-state index >= 15 is 0 Å². The maximum atomic E-state index is 3.89. The van der Waals surface area contributed by atoms with Crippen molar-refractivity contribution in [3.05, 3.63) is 0 Å². The van der Waals surface area contributed by atoms with Gasteiger partial charge < -0.3 is 5.32 Å². The summed E-state index contributed by atoms with van der Waals surface area (Å²) in [5.74, 6) is 0. The molecule has 2 aliphatic rings. The van der Waals surface area contributed by atoms with Gasteiger partial charge in [0.05, 0.1) is 0 Å². The lowest BCUT2D eigenvalue weighted by Crippen LogP contribution is -2.65. The van der Waals surface area contributed by atoms with Crippen LogP contribution in [0, 0.1) is 0 Å². The average molecular weight is 280 g/mol. The van der Waals surface area contributed by atoms with Crippen molar-refractivity contribution in [2.24, 2.45) is 0 Å². The Morgan fingerprint density at radius 3 is 2.10 bits per heavy atom. The predicted molar refractivity (Wildman–Crippen MR) is 88.2 cm³/mol. The maximum Gasteiger partial charge on any atom is 0.0304 e. The van der Waals surface area contributed by atoms with E-state index < -0.39 is 0 Å². The molecule has 0 aromatic rings. The molecule has 2 rings (SSSR count). The fourth-order valence-corrected chi connectivity index (χ4v) is 4.28. The summed E-state index contributed by atoms with van der Waals surface area (Å²) in [7, 11) is 0. The molecule has 2 nitrogen and oxygen atoms in total. The van der Waals surface area contributed by atoms with E-state index in [1.54, 1.807) is 0 Å². The molecule has 1 unspecified atom stereocenters. The first kappa shape index (κ1) is 16.3. The summed E-state index contributed by atoms with van der Waals surface area (Å²) in [6, 6.07) is 1.63. The van der Waals surface area contributed by atoms with E-state index in [0.717, 1.165) is 12.1 Å². The van der Waals surface area contributed by atoms with E-state index in [1.807, 2.05) is 0 Å². The highest BCUT2D eigenvalue weighted by Crippen LogP contribution is 2.30. The Labute approximate surface area is 126 Å². The normalized spacial score (nSPS) is 29.9. The Kier molecular flexibility index (Phi) is 6.35. The van der Waals surface area contributed by atoms with Gasteiger partial charge in [-0.1, -0.05) is 52.9 Å². The number of nitrogens with one attached hydrogen (secondary N) is 1. The van der Waals surface area contributed by atoms with Crippen LogP contribution in [0.5, 0.6) is 0 Å². The Morgan fingerprint density at radius 2 is 1.55 bits per heavy atom. The van der Waals surface area contributed by atoms with E-state index in [1.165, 1.54) is 77.3 Å². The van der Waals surface area contributed by atoms with Gasteiger partial charge in [0, 0.05) is 30.7 Å². The summed E-state index contributed by atoms with van der Waals surface area (Å²) < 4.78 is 0. The van der Waals surface area contributed by atoms with Gasteiger partial charge in [-0.05, 0) is 32.1 Å². The van der Waals surface area contributed by atoms with Crippen molar-refractivity contribution in [3.8, 4) is 0 Å². The Morgan fingerprint density at radius 1 is 0.950 bits per heavy atom. The van der Waals surface area contributed by atoms with Crippen molar-refractivity contribution >= 4 is 0 Å². The largest absolute Gasteiger partial charge is 0.308 e. The predicted octanol–water partition coefficient (Wildman–Crippen LogP) is 4.34.